The standard InChI is InChI=1S/C44H32N2/c1-45(33-19-14-20-35(29-33)46(31-15-4-2-5-16-31)32-17-6-3-7-18-32)34-27-28-39-38-23-10-13-26-42(38)44(43(39)30-34)40-24-11-8-21-36(40)37-22-9-12-25-41(37)44/h2-30H,1H3. The zero-order valence-electron chi connectivity index (χ0n) is 25.6. The molecule has 0 N–H and O–H groups in total. The Balaban J connectivity index is 1.20. The third-order valence-corrected chi connectivity index (χ3v) is 9.87. The monoisotopic (exact) mass is 588 g/mol. The van der Waals surface area contributed by atoms with Crippen molar-refractivity contribution in [2.24, 2.45) is 0 Å². The first kappa shape index (κ1) is 26.5. The number of nitrogens with zero attached hydrogens (tertiary/aromatic N) is 2. The van der Waals surface area contributed by atoms with E-state index in [0.29, 0.717) is 0 Å². The van der Waals surface area contributed by atoms with Crippen LogP contribution in [0.15, 0.2) is 176 Å². The summed E-state index contributed by atoms with van der Waals surface area (Å²) in [5.41, 5.74) is 16.1. The maximum atomic E-state index is 2.44. The lowest BCUT2D eigenvalue weighted by Gasteiger charge is -2.31. The number of hydrogen-bond acceptors (Lipinski definition) is 2. The van der Waals surface area contributed by atoms with Gasteiger partial charge in [-0.3, -0.25) is 0 Å². The molecule has 1 spiro atoms. The van der Waals surface area contributed by atoms with Crippen LogP contribution in [0.25, 0.3) is 22.3 Å². The van der Waals surface area contributed by atoms with Crippen molar-refractivity contribution in [2.45, 2.75) is 5.41 Å². The summed E-state index contributed by atoms with van der Waals surface area (Å²) in [4.78, 5) is 4.64. The molecule has 0 bridgehead atoms. The molecular formula is C44H32N2. The lowest BCUT2D eigenvalue weighted by Crippen LogP contribution is -2.26. The Morgan fingerprint density at radius 3 is 1.28 bits per heavy atom. The van der Waals surface area contributed by atoms with Crippen molar-refractivity contribution >= 4 is 28.4 Å². The molecule has 0 radical (unpaired) electrons. The number of para-hydroxylation sites is 2. The van der Waals surface area contributed by atoms with Crippen LogP contribution in [-0.4, -0.2) is 7.05 Å². The van der Waals surface area contributed by atoms with E-state index in [4.69, 9.17) is 0 Å². The minimum Gasteiger partial charge on any atom is -0.345 e. The SMILES string of the molecule is CN(c1cccc(N(c2ccccc2)c2ccccc2)c1)c1ccc2c(c1)C1(c3ccccc3-c3ccccc31)c1ccccc1-2. The maximum Gasteiger partial charge on any atom is 0.0726 e. The van der Waals surface area contributed by atoms with Crippen LogP contribution in [0, 0.1) is 0 Å². The second-order valence-corrected chi connectivity index (χ2v) is 12.2. The van der Waals surface area contributed by atoms with Crippen LogP contribution >= 0.6 is 0 Å². The van der Waals surface area contributed by atoms with Crippen molar-refractivity contribution in [3.63, 3.8) is 0 Å². The van der Waals surface area contributed by atoms with Gasteiger partial charge in [0.25, 0.3) is 0 Å². The van der Waals surface area contributed by atoms with Crippen molar-refractivity contribution in [2.75, 3.05) is 16.8 Å². The van der Waals surface area contributed by atoms with Crippen LogP contribution in [0.2, 0.25) is 0 Å². The van der Waals surface area contributed by atoms with Crippen LogP contribution in [-0.2, 0) is 5.41 Å². The van der Waals surface area contributed by atoms with E-state index in [1.165, 1.54) is 44.5 Å². The first-order chi connectivity index (χ1) is 22.7. The van der Waals surface area contributed by atoms with Crippen LogP contribution in [0.3, 0.4) is 0 Å². The summed E-state index contributed by atoms with van der Waals surface area (Å²) in [6, 6.07) is 64.0. The van der Waals surface area contributed by atoms with Gasteiger partial charge in [0, 0.05) is 35.5 Å². The fraction of sp³-hybridized carbons (Fsp3) is 0.0455. The number of hydrogen-bond donors (Lipinski definition) is 0. The molecule has 0 atom stereocenters. The average Bonchev–Trinajstić information content (AvgIpc) is 3.60. The summed E-state index contributed by atoms with van der Waals surface area (Å²) < 4.78 is 0. The second-order valence-electron chi connectivity index (χ2n) is 12.2. The Kier molecular flexibility index (Phi) is 5.97. The minimum absolute atomic E-state index is 0.352. The second kappa shape index (κ2) is 10.4. The smallest absolute Gasteiger partial charge is 0.0726 e. The molecule has 2 aliphatic carbocycles. The first-order valence-electron chi connectivity index (χ1n) is 15.9. The van der Waals surface area contributed by atoms with Gasteiger partial charge < -0.3 is 9.80 Å². The highest BCUT2D eigenvalue weighted by Gasteiger charge is 2.51. The highest BCUT2D eigenvalue weighted by molar-refractivity contribution is 5.95. The zero-order chi connectivity index (χ0) is 30.7. The zero-order valence-corrected chi connectivity index (χ0v) is 25.6. The quantitative estimate of drug-likeness (QED) is 0.197. The molecule has 218 valence electrons. The molecule has 0 aliphatic heterocycles. The highest BCUT2D eigenvalue weighted by atomic mass is 15.2. The number of rotatable bonds is 5. The summed E-state index contributed by atoms with van der Waals surface area (Å²) >= 11 is 0. The molecular weight excluding hydrogens is 556 g/mol. The molecule has 7 aromatic rings. The topological polar surface area (TPSA) is 6.48 Å². The summed E-state index contributed by atoms with van der Waals surface area (Å²) in [6.07, 6.45) is 0. The summed E-state index contributed by atoms with van der Waals surface area (Å²) in [5, 5.41) is 0. The Morgan fingerprint density at radius 1 is 0.326 bits per heavy atom. The molecule has 0 amide bonds. The van der Waals surface area contributed by atoms with E-state index in [0.717, 1.165) is 28.4 Å². The number of anilines is 5. The lowest BCUT2D eigenvalue weighted by molar-refractivity contribution is 0.793. The molecule has 2 nitrogen and oxygen atoms in total. The molecule has 0 fully saturated rings. The molecule has 2 heteroatoms. The van der Waals surface area contributed by atoms with E-state index in [-0.39, 0.29) is 5.41 Å². The van der Waals surface area contributed by atoms with Gasteiger partial charge in [-0.2, -0.15) is 0 Å². The van der Waals surface area contributed by atoms with Crippen molar-refractivity contribution in [1.82, 2.24) is 0 Å². The van der Waals surface area contributed by atoms with E-state index >= 15 is 0 Å². The largest absolute Gasteiger partial charge is 0.345 e. The molecule has 9 rings (SSSR count). The van der Waals surface area contributed by atoms with Gasteiger partial charge in [0.15, 0.2) is 0 Å². The Morgan fingerprint density at radius 2 is 0.739 bits per heavy atom. The molecule has 0 unspecified atom stereocenters. The van der Waals surface area contributed by atoms with Crippen LogP contribution in [0.1, 0.15) is 22.3 Å². The average molecular weight is 589 g/mol. The van der Waals surface area contributed by atoms with E-state index in [2.05, 4.69) is 193 Å². The van der Waals surface area contributed by atoms with Crippen molar-refractivity contribution < 1.29 is 0 Å². The molecule has 0 saturated carbocycles. The molecule has 46 heavy (non-hydrogen) atoms. The third kappa shape index (κ3) is 3.77. The Hall–Kier alpha value is -5.86. The maximum absolute atomic E-state index is 2.44. The third-order valence-electron chi connectivity index (χ3n) is 9.87. The van der Waals surface area contributed by atoms with E-state index < -0.39 is 0 Å². The van der Waals surface area contributed by atoms with E-state index in [9.17, 15) is 0 Å². The normalized spacial score (nSPS) is 13.1. The summed E-state index contributed by atoms with van der Waals surface area (Å²) in [6.45, 7) is 0. The van der Waals surface area contributed by atoms with Crippen molar-refractivity contribution in [3.05, 3.63) is 198 Å². The highest BCUT2D eigenvalue weighted by Crippen LogP contribution is 2.63. The van der Waals surface area contributed by atoms with Gasteiger partial charge in [-0.15, -0.1) is 0 Å². The fourth-order valence-electron chi connectivity index (χ4n) is 7.88. The van der Waals surface area contributed by atoms with Crippen LogP contribution < -0.4 is 9.80 Å². The molecule has 0 heterocycles. The van der Waals surface area contributed by atoms with Gasteiger partial charge in [-0.25, -0.2) is 0 Å². The summed E-state index contributed by atoms with van der Waals surface area (Å²) in [5.74, 6) is 0. The van der Waals surface area contributed by atoms with E-state index in [1.807, 2.05) is 0 Å². The van der Waals surface area contributed by atoms with Crippen molar-refractivity contribution in [1.29, 1.82) is 0 Å². The molecule has 2 aliphatic rings. The summed E-state index contributed by atoms with van der Waals surface area (Å²) in [7, 11) is 2.18. The van der Waals surface area contributed by atoms with Gasteiger partial charge in [0.2, 0.25) is 0 Å². The van der Waals surface area contributed by atoms with Gasteiger partial charge in [-0.05, 0) is 99.1 Å². The Bertz CT molecular complexity index is 2130. The van der Waals surface area contributed by atoms with Gasteiger partial charge in [-0.1, -0.05) is 121 Å². The first-order valence-corrected chi connectivity index (χ1v) is 15.9. The molecule has 0 aromatic heterocycles. The Labute approximate surface area is 270 Å². The predicted molar refractivity (Wildman–Crippen MR) is 192 cm³/mol. The lowest BCUT2D eigenvalue weighted by atomic mass is 9.70. The molecule has 7 aromatic carbocycles. The predicted octanol–water partition coefficient (Wildman–Crippen LogP) is 11.3. The van der Waals surface area contributed by atoms with Gasteiger partial charge in [0.05, 0.1) is 5.41 Å². The van der Waals surface area contributed by atoms with Crippen molar-refractivity contribution in [3.8, 4) is 22.3 Å². The number of benzene rings is 7. The minimum atomic E-state index is -0.352. The van der Waals surface area contributed by atoms with Crippen LogP contribution in [0.5, 0.6) is 0 Å². The van der Waals surface area contributed by atoms with Gasteiger partial charge in [0.1, 0.15) is 0 Å². The fourth-order valence-corrected chi connectivity index (χ4v) is 7.88. The van der Waals surface area contributed by atoms with Crippen LogP contribution in [0.4, 0.5) is 28.4 Å². The molecule has 0 saturated heterocycles. The number of fused-ring (bicyclic) bond motifs is 10. The van der Waals surface area contributed by atoms with Gasteiger partial charge >= 0.3 is 0 Å². The van der Waals surface area contributed by atoms with E-state index in [1.54, 1.807) is 0 Å².